The number of benzene rings is 3. The van der Waals surface area contributed by atoms with E-state index in [0.29, 0.717) is 22.3 Å². The largest absolute Gasteiger partial charge is 0.452 e. The van der Waals surface area contributed by atoms with E-state index in [9.17, 15) is 26.8 Å². The number of alkyl halides is 2. The zero-order chi connectivity index (χ0) is 26.3. The zero-order valence-electron chi connectivity index (χ0n) is 19.3. The Bertz CT molecular complexity index is 1300. The molecule has 0 unspecified atom stereocenters. The van der Waals surface area contributed by atoms with Gasteiger partial charge in [-0.05, 0) is 72.8 Å². The molecule has 36 heavy (non-hydrogen) atoms. The first-order chi connectivity index (χ1) is 17.0. The molecule has 0 saturated heterocycles. The topological polar surface area (TPSA) is 105 Å². The fourth-order valence-electron chi connectivity index (χ4n) is 2.94. The number of ether oxygens (including phenoxy) is 1. The molecule has 0 atom stereocenters. The van der Waals surface area contributed by atoms with E-state index >= 15 is 0 Å². The standard InChI is InChI=1S/C24H23F2N3O5S2/c1-29(2)19-9-5-17(6-10-19)27-22(30)15-34-23(31)16-3-13-21(14-4-16)36(32,33)28-18-7-11-20(12-8-18)35-24(25)26/h3-14,24,28H,15H2,1-2H3,(H,27,30). The Morgan fingerprint density at radius 2 is 1.50 bits per heavy atom. The van der Waals surface area contributed by atoms with Gasteiger partial charge in [0.15, 0.2) is 6.61 Å². The van der Waals surface area contributed by atoms with Crippen molar-refractivity contribution in [3.63, 3.8) is 0 Å². The van der Waals surface area contributed by atoms with Crippen molar-refractivity contribution in [2.75, 3.05) is 35.6 Å². The van der Waals surface area contributed by atoms with E-state index in [1.165, 1.54) is 48.5 Å². The number of sulfonamides is 1. The Balaban J connectivity index is 1.54. The summed E-state index contributed by atoms with van der Waals surface area (Å²) in [6, 6.07) is 17.5. The number of carbonyl (C=O) groups is 2. The van der Waals surface area contributed by atoms with Gasteiger partial charge >= 0.3 is 5.97 Å². The van der Waals surface area contributed by atoms with E-state index in [4.69, 9.17) is 4.74 Å². The summed E-state index contributed by atoms with van der Waals surface area (Å²) in [4.78, 5) is 26.4. The van der Waals surface area contributed by atoms with Crippen LogP contribution in [0.1, 0.15) is 10.4 Å². The van der Waals surface area contributed by atoms with Crippen LogP contribution in [0.2, 0.25) is 0 Å². The van der Waals surface area contributed by atoms with Gasteiger partial charge in [-0.1, -0.05) is 11.8 Å². The smallest absolute Gasteiger partial charge is 0.338 e. The van der Waals surface area contributed by atoms with E-state index in [2.05, 4.69) is 10.0 Å². The molecule has 0 heterocycles. The van der Waals surface area contributed by atoms with Crippen molar-refractivity contribution in [2.45, 2.75) is 15.5 Å². The summed E-state index contributed by atoms with van der Waals surface area (Å²) in [6.45, 7) is -0.518. The number of esters is 1. The summed E-state index contributed by atoms with van der Waals surface area (Å²) < 4.78 is 57.3. The lowest BCUT2D eigenvalue weighted by Gasteiger charge is -2.13. The SMILES string of the molecule is CN(C)c1ccc(NC(=O)COC(=O)c2ccc(S(=O)(=O)Nc3ccc(SC(F)F)cc3)cc2)cc1. The van der Waals surface area contributed by atoms with Crippen LogP contribution in [0.4, 0.5) is 25.8 Å². The highest BCUT2D eigenvalue weighted by molar-refractivity contribution is 7.99. The first-order valence-corrected chi connectivity index (χ1v) is 12.8. The first kappa shape index (κ1) is 27.0. The second-order valence-corrected chi connectivity index (χ2v) is 10.3. The molecular formula is C24H23F2N3O5S2. The lowest BCUT2D eigenvalue weighted by molar-refractivity contribution is -0.119. The quantitative estimate of drug-likeness (QED) is 0.287. The molecule has 0 aliphatic rings. The molecule has 0 aromatic heterocycles. The van der Waals surface area contributed by atoms with Crippen molar-refractivity contribution in [3.05, 3.63) is 78.4 Å². The van der Waals surface area contributed by atoms with Gasteiger partial charge in [0.25, 0.3) is 21.7 Å². The van der Waals surface area contributed by atoms with Crippen molar-refractivity contribution in [2.24, 2.45) is 0 Å². The number of hydrogen-bond acceptors (Lipinski definition) is 7. The summed E-state index contributed by atoms with van der Waals surface area (Å²) in [5.41, 5.74) is 1.76. The van der Waals surface area contributed by atoms with Gasteiger partial charge in [-0.2, -0.15) is 8.78 Å². The molecule has 8 nitrogen and oxygen atoms in total. The maximum Gasteiger partial charge on any atom is 0.338 e. The molecule has 190 valence electrons. The number of anilines is 3. The van der Waals surface area contributed by atoms with Crippen molar-refractivity contribution in [1.82, 2.24) is 0 Å². The fourth-order valence-corrected chi connectivity index (χ4v) is 4.50. The second kappa shape index (κ2) is 11.9. The minimum Gasteiger partial charge on any atom is -0.452 e. The number of hydrogen-bond donors (Lipinski definition) is 2. The minimum absolute atomic E-state index is 0.0606. The van der Waals surface area contributed by atoms with Crippen LogP contribution in [0.25, 0.3) is 0 Å². The van der Waals surface area contributed by atoms with Crippen LogP contribution in [0, 0.1) is 0 Å². The zero-order valence-corrected chi connectivity index (χ0v) is 20.9. The maximum absolute atomic E-state index is 12.6. The van der Waals surface area contributed by atoms with Gasteiger partial charge in [0.05, 0.1) is 10.5 Å². The normalized spacial score (nSPS) is 11.1. The molecule has 0 fully saturated rings. The monoisotopic (exact) mass is 535 g/mol. The lowest BCUT2D eigenvalue weighted by Crippen LogP contribution is -2.21. The van der Waals surface area contributed by atoms with Crippen molar-refractivity contribution >= 4 is 50.7 Å². The molecule has 0 aliphatic carbocycles. The van der Waals surface area contributed by atoms with E-state index in [-0.39, 0.29) is 16.1 Å². The van der Waals surface area contributed by atoms with Crippen molar-refractivity contribution < 1.29 is 31.5 Å². The molecule has 2 N–H and O–H groups in total. The molecule has 3 aromatic carbocycles. The summed E-state index contributed by atoms with van der Waals surface area (Å²) in [5.74, 6) is -3.90. The molecule has 0 spiro atoms. The third-order valence-corrected chi connectivity index (χ3v) is 6.85. The van der Waals surface area contributed by atoms with E-state index < -0.39 is 34.3 Å². The van der Waals surface area contributed by atoms with Crippen LogP contribution < -0.4 is 14.9 Å². The van der Waals surface area contributed by atoms with Crippen LogP contribution in [0.5, 0.6) is 0 Å². The van der Waals surface area contributed by atoms with Crippen LogP contribution in [0.3, 0.4) is 0 Å². The van der Waals surface area contributed by atoms with Gasteiger partial charge in [-0.15, -0.1) is 0 Å². The highest BCUT2D eigenvalue weighted by Gasteiger charge is 2.17. The molecule has 0 saturated carbocycles. The highest BCUT2D eigenvalue weighted by Crippen LogP contribution is 2.27. The number of rotatable bonds is 10. The third kappa shape index (κ3) is 7.68. The number of nitrogens with one attached hydrogen (secondary N) is 2. The summed E-state index contributed by atoms with van der Waals surface area (Å²) in [6.07, 6.45) is 0. The van der Waals surface area contributed by atoms with Crippen LogP contribution in [0.15, 0.2) is 82.6 Å². The summed E-state index contributed by atoms with van der Waals surface area (Å²) >= 11 is 0.352. The highest BCUT2D eigenvalue weighted by atomic mass is 32.2. The van der Waals surface area contributed by atoms with Gasteiger partial charge < -0.3 is 15.0 Å². The van der Waals surface area contributed by atoms with E-state index in [1.807, 2.05) is 31.1 Å². The van der Waals surface area contributed by atoms with Crippen LogP contribution >= 0.6 is 11.8 Å². The Kier molecular flexibility index (Phi) is 8.88. The lowest BCUT2D eigenvalue weighted by atomic mass is 10.2. The van der Waals surface area contributed by atoms with Gasteiger partial charge in [0, 0.05) is 36.1 Å². The number of thioether (sulfide) groups is 1. The number of amides is 1. The molecule has 3 rings (SSSR count). The second-order valence-electron chi connectivity index (χ2n) is 7.60. The molecule has 0 radical (unpaired) electrons. The fraction of sp³-hybridized carbons (Fsp3) is 0.167. The predicted octanol–water partition coefficient (Wildman–Crippen LogP) is 4.66. The third-order valence-electron chi connectivity index (χ3n) is 4.73. The summed E-state index contributed by atoms with van der Waals surface area (Å²) in [7, 11) is -0.199. The van der Waals surface area contributed by atoms with E-state index in [1.54, 1.807) is 12.1 Å². The number of carbonyl (C=O) groups excluding carboxylic acids is 2. The van der Waals surface area contributed by atoms with Crippen LogP contribution in [-0.4, -0.2) is 46.8 Å². The maximum atomic E-state index is 12.6. The van der Waals surface area contributed by atoms with E-state index in [0.717, 1.165) is 5.69 Å². The van der Waals surface area contributed by atoms with Gasteiger partial charge in [-0.3, -0.25) is 9.52 Å². The van der Waals surface area contributed by atoms with Crippen LogP contribution in [-0.2, 0) is 19.6 Å². The molecular weight excluding hydrogens is 512 g/mol. The number of nitrogens with zero attached hydrogens (tertiary/aromatic N) is 1. The Morgan fingerprint density at radius 1 is 0.917 bits per heavy atom. The Morgan fingerprint density at radius 3 is 2.06 bits per heavy atom. The number of halogens is 2. The molecule has 3 aromatic rings. The van der Waals surface area contributed by atoms with Gasteiger partial charge in [0.1, 0.15) is 0 Å². The Labute approximate surface area is 211 Å². The molecule has 12 heteroatoms. The molecule has 1 amide bonds. The van der Waals surface area contributed by atoms with Gasteiger partial charge in [-0.25, -0.2) is 13.2 Å². The molecule has 0 bridgehead atoms. The minimum atomic E-state index is -3.98. The van der Waals surface area contributed by atoms with Gasteiger partial charge in [0.2, 0.25) is 0 Å². The summed E-state index contributed by atoms with van der Waals surface area (Å²) in [5, 5.41) is 2.62. The Hall–Kier alpha value is -3.64. The van der Waals surface area contributed by atoms with Crippen molar-refractivity contribution in [3.8, 4) is 0 Å². The molecule has 0 aliphatic heterocycles. The van der Waals surface area contributed by atoms with Crippen molar-refractivity contribution in [1.29, 1.82) is 0 Å². The average Bonchev–Trinajstić information content (AvgIpc) is 2.83. The predicted molar refractivity (Wildman–Crippen MR) is 135 cm³/mol. The first-order valence-electron chi connectivity index (χ1n) is 10.5. The average molecular weight is 536 g/mol.